The van der Waals surface area contributed by atoms with Crippen LogP contribution in [0.25, 0.3) is 0 Å². The molecule has 3 aliphatic rings. The van der Waals surface area contributed by atoms with Gasteiger partial charge in [0.15, 0.2) is 0 Å². The lowest BCUT2D eigenvalue weighted by Gasteiger charge is -2.35. The number of hydrogen-bond donors (Lipinski definition) is 0. The van der Waals surface area contributed by atoms with E-state index in [0.29, 0.717) is 0 Å². The minimum Gasteiger partial charge on any atom is -0.300 e. The van der Waals surface area contributed by atoms with E-state index >= 15 is 0 Å². The van der Waals surface area contributed by atoms with Crippen LogP contribution in [0, 0.1) is 11.8 Å². The molecule has 0 aromatic rings. The average molecular weight is 222 g/mol. The van der Waals surface area contributed by atoms with Crippen LogP contribution in [0.3, 0.4) is 0 Å². The Morgan fingerprint density at radius 1 is 0.812 bits per heavy atom. The summed E-state index contributed by atoms with van der Waals surface area (Å²) in [5.74, 6) is 2.10. The van der Waals surface area contributed by atoms with Gasteiger partial charge in [0.05, 0.1) is 6.10 Å². The predicted octanol–water partition coefficient (Wildman–Crippen LogP) is 2.85. The van der Waals surface area contributed by atoms with Crippen molar-refractivity contribution >= 4 is 0 Å². The summed E-state index contributed by atoms with van der Waals surface area (Å²) in [4.78, 5) is 2.62. The third-order valence-electron chi connectivity index (χ3n) is 5.25. The molecule has 3 fully saturated rings. The summed E-state index contributed by atoms with van der Waals surface area (Å²) in [5, 5.41) is 11.3. The third kappa shape index (κ3) is 2.14. The highest BCUT2D eigenvalue weighted by molar-refractivity contribution is 4.90. The van der Waals surface area contributed by atoms with Crippen molar-refractivity contribution in [2.75, 3.05) is 13.1 Å². The number of piperidine rings is 1. The third-order valence-corrected chi connectivity index (χ3v) is 5.25. The van der Waals surface area contributed by atoms with E-state index in [1.165, 1.54) is 38.5 Å². The summed E-state index contributed by atoms with van der Waals surface area (Å²) in [6.45, 7) is 2.16. The molecule has 2 aliphatic carbocycles. The van der Waals surface area contributed by atoms with Crippen molar-refractivity contribution in [3.05, 3.63) is 0 Å². The van der Waals surface area contributed by atoms with Crippen LogP contribution in [0.4, 0.5) is 0 Å². The van der Waals surface area contributed by atoms with Gasteiger partial charge in [-0.1, -0.05) is 19.3 Å². The maximum absolute atomic E-state index is 11.3. The summed E-state index contributed by atoms with van der Waals surface area (Å²) in [5.41, 5.74) is 0. The van der Waals surface area contributed by atoms with Gasteiger partial charge in [0.2, 0.25) is 0 Å². The van der Waals surface area contributed by atoms with E-state index in [2.05, 4.69) is 4.90 Å². The zero-order chi connectivity index (χ0) is 11.0. The molecule has 0 aromatic heterocycles. The molecule has 1 saturated heterocycles. The van der Waals surface area contributed by atoms with Gasteiger partial charge in [-0.25, -0.2) is 5.11 Å². The Morgan fingerprint density at radius 2 is 1.56 bits per heavy atom. The van der Waals surface area contributed by atoms with Crippen molar-refractivity contribution in [3.8, 4) is 0 Å². The minimum atomic E-state index is -0.264. The highest BCUT2D eigenvalue weighted by Gasteiger charge is 2.36. The fourth-order valence-electron chi connectivity index (χ4n) is 3.90. The maximum atomic E-state index is 11.3. The molecule has 16 heavy (non-hydrogen) atoms. The number of hydrogen-bond acceptors (Lipinski definition) is 1. The molecule has 1 aliphatic heterocycles. The molecule has 0 N–H and O–H groups in total. The zero-order valence-corrected chi connectivity index (χ0v) is 10.2. The highest BCUT2D eigenvalue weighted by Crippen LogP contribution is 2.43. The maximum Gasteiger partial charge on any atom is 0.0954 e. The summed E-state index contributed by atoms with van der Waals surface area (Å²) in [7, 11) is 0. The molecule has 3 rings (SSSR count). The molecule has 91 valence electrons. The molecule has 0 bridgehead atoms. The lowest BCUT2D eigenvalue weighted by molar-refractivity contribution is 0.0146. The fraction of sp³-hybridized carbons (Fsp3) is 1.00. The van der Waals surface area contributed by atoms with E-state index in [-0.39, 0.29) is 6.10 Å². The monoisotopic (exact) mass is 222 g/mol. The van der Waals surface area contributed by atoms with Crippen LogP contribution in [-0.4, -0.2) is 30.1 Å². The standard InChI is InChI=1S/C14H24NO/c16-14-6-8-15(9-7-14)13-5-4-12(10-13)11-2-1-3-11/h11-14H,1-10H2. The predicted molar refractivity (Wildman–Crippen MR) is 63.8 cm³/mol. The first kappa shape index (κ1) is 11.0. The van der Waals surface area contributed by atoms with Gasteiger partial charge in [0.25, 0.3) is 0 Å². The van der Waals surface area contributed by atoms with Crippen LogP contribution in [0.15, 0.2) is 0 Å². The molecular weight excluding hydrogens is 198 g/mol. The van der Waals surface area contributed by atoms with Crippen LogP contribution in [-0.2, 0) is 5.11 Å². The first-order valence-electron chi connectivity index (χ1n) is 7.23. The average Bonchev–Trinajstić information content (AvgIpc) is 2.65. The van der Waals surface area contributed by atoms with Crippen molar-refractivity contribution in [2.45, 2.75) is 63.5 Å². The molecule has 0 spiro atoms. The van der Waals surface area contributed by atoms with E-state index in [4.69, 9.17) is 0 Å². The lowest BCUT2D eigenvalue weighted by atomic mass is 9.75. The van der Waals surface area contributed by atoms with Crippen LogP contribution in [0.2, 0.25) is 0 Å². The summed E-state index contributed by atoms with van der Waals surface area (Å²) in [6, 6.07) is 0.832. The molecule has 2 atom stereocenters. The topological polar surface area (TPSA) is 23.1 Å². The molecule has 2 nitrogen and oxygen atoms in total. The number of rotatable bonds is 2. The first-order valence-corrected chi connectivity index (χ1v) is 7.23. The quantitative estimate of drug-likeness (QED) is 0.704. The number of likely N-dealkylation sites (tertiary alicyclic amines) is 1. The SMILES string of the molecule is [O]C1CCN(C2CCC(C3CCC3)C2)CC1. The van der Waals surface area contributed by atoms with Gasteiger partial charge in [-0.15, -0.1) is 0 Å². The van der Waals surface area contributed by atoms with Crippen molar-refractivity contribution < 1.29 is 5.11 Å². The Balaban J connectivity index is 1.49. The van der Waals surface area contributed by atoms with Crippen LogP contribution in [0.5, 0.6) is 0 Å². The van der Waals surface area contributed by atoms with Crippen LogP contribution in [0.1, 0.15) is 51.4 Å². The normalized spacial score (nSPS) is 38.8. The molecular formula is C14H24NO. The van der Waals surface area contributed by atoms with Gasteiger partial charge in [-0.05, 0) is 43.9 Å². The molecule has 0 aromatic carbocycles. The largest absolute Gasteiger partial charge is 0.300 e. The van der Waals surface area contributed by atoms with E-state index < -0.39 is 0 Å². The second kappa shape index (κ2) is 4.66. The molecule has 2 heteroatoms. The van der Waals surface area contributed by atoms with Gasteiger partial charge in [0.1, 0.15) is 0 Å². The molecule has 2 saturated carbocycles. The van der Waals surface area contributed by atoms with E-state index in [0.717, 1.165) is 43.8 Å². The van der Waals surface area contributed by atoms with Gasteiger partial charge < -0.3 is 4.90 Å². The highest BCUT2D eigenvalue weighted by atomic mass is 16.3. The summed E-state index contributed by atoms with van der Waals surface area (Å²) >= 11 is 0. The summed E-state index contributed by atoms with van der Waals surface area (Å²) < 4.78 is 0. The number of nitrogens with zero attached hydrogens (tertiary/aromatic N) is 1. The van der Waals surface area contributed by atoms with Crippen molar-refractivity contribution in [1.29, 1.82) is 0 Å². The van der Waals surface area contributed by atoms with E-state index in [1.807, 2.05) is 0 Å². The molecule has 2 unspecified atom stereocenters. The minimum absolute atomic E-state index is 0.264. The van der Waals surface area contributed by atoms with Gasteiger partial charge >= 0.3 is 0 Å². The molecule has 1 radical (unpaired) electrons. The Bertz CT molecular complexity index is 231. The second-order valence-corrected chi connectivity index (χ2v) is 6.15. The molecule has 0 amide bonds. The fourth-order valence-corrected chi connectivity index (χ4v) is 3.90. The van der Waals surface area contributed by atoms with E-state index in [9.17, 15) is 5.11 Å². The van der Waals surface area contributed by atoms with Gasteiger partial charge in [0, 0.05) is 19.1 Å². The van der Waals surface area contributed by atoms with Crippen LogP contribution < -0.4 is 0 Å². The molecule has 1 heterocycles. The smallest absolute Gasteiger partial charge is 0.0954 e. The first-order chi connectivity index (χ1) is 7.83. The Morgan fingerprint density at radius 3 is 2.19 bits per heavy atom. The van der Waals surface area contributed by atoms with Crippen molar-refractivity contribution in [2.24, 2.45) is 11.8 Å². The lowest BCUT2D eigenvalue weighted by Crippen LogP contribution is -2.41. The Hall–Kier alpha value is -0.0800. The Kier molecular flexibility index (Phi) is 3.21. The van der Waals surface area contributed by atoms with E-state index in [1.54, 1.807) is 0 Å². The van der Waals surface area contributed by atoms with Gasteiger partial charge in [-0.3, -0.25) is 0 Å². The second-order valence-electron chi connectivity index (χ2n) is 6.15. The van der Waals surface area contributed by atoms with Crippen molar-refractivity contribution in [1.82, 2.24) is 4.90 Å². The van der Waals surface area contributed by atoms with Gasteiger partial charge in [-0.2, -0.15) is 0 Å². The summed E-state index contributed by atoms with van der Waals surface area (Å²) in [6.07, 6.45) is 10.3. The Labute approximate surface area is 99.0 Å². The van der Waals surface area contributed by atoms with Crippen molar-refractivity contribution in [3.63, 3.8) is 0 Å². The zero-order valence-electron chi connectivity index (χ0n) is 10.2. The van der Waals surface area contributed by atoms with Crippen LogP contribution >= 0.6 is 0 Å².